The van der Waals surface area contributed by atoms with E-state index in [1.807, 2.05) is 27.9 Å². The molecule has 2 N–H and O–H groups in total. The second-order valence-corrected chi connectivity index (χ2v) is 6.34. The number of nitrogens with one attached hydrogen (secondary N) is 1. The Kier molecular flexibility index (Phi) is 6.15. The van der Waals surface area contributed by atoms with E-state index in [0.717, 1.165) is 24.2 Å². The zero-order valence-corrected chi connectivity index (χ0v) is 13.9. The van der Waals surface area contributed by atoms with Gasteiger partial charge in [-0.1, -0.05) is 13.8 Å². The summed E-state index contributed by atoms with van der Waals surface area (Å²) in [6.07, 6.45) is 0.964. The van der Waals surface area contributed by atoms with Crippen molar-refractivity contribution in [1.82, 2.24) is 9.88 Å². The van der Waals surface area contributed by atoms with Crippen LogP contribution >= 0.6 is 0 Å². The summed E-state index contributed by atoms with van der Waals surface area (Å²) in [6.45, 7) is 8.86. The number of hydrogen-bond acceptors (Lipinski definition) is 4. The van der Waals surface area contributed by atoms with Gasteiger partial charge in [-0.25, -0.2) is 9.78 Å². The maximum atomic E-state index is 11.5. The smallest absolute Gasteiger partial charge is 0.339 e. The molecular weight excluding hydrogens is 266 g/mol. The topological polar surface area (TPSA) is 65.5 Å². The van der Waals surface area contributed by atoms with Crippen molar-refractivity contribution in [2.45, 2.75) is 40.2 Å². The van der Waals surface area contributed by atoms with Crippen LogP contribution in [0.4, 0.5) is 5.82 Å². The number of aromatic nitrogens is 1. The van der Waals surface area contributed by atoms with E-state index in [1.165, 1.54) is 0 Å². The molecular formula is C16H27N3O2. The molecule has 1 aromatic heterocycles. The highest BCUT2D eigenvalue weighted by atomic mass is 16.4. The van der Waals surface area contributed by atoms with E-state index in [0.29, 0.717) is 11.7 Å². The van der Waals surface area contributed by atoms with Crippen LogP contribution in [-0.2, 0) is 0 Å². The maximum Gasteiger partial charge on any atom is 0.339 e. The fourth-order valence-corrected chi connectivity index (χ4v) is 2.59. The number of rotatable bonds is 7. The van der Waals surface area contributed by atoms with Crippen molar-refractivity contribution in [3.8, 4) is 0 Å². The predicted octanol–water partition coefficient (Wildman–Crippen LogP) is 2.78. The summed E-state index contributed by atoms with van der Waals surface area (Å²) in [7, 11) is 4.03. The van der Waals surface area contributed by atoms with E-state index in [4.69, 9.17) is 0 Å². The van der Waals surface area contributed by atoms with E-state index < -0.39 is 5.97 Å². The second-order valence-electron chi connectivity index (χ2n) is 6.34. The molecule has 0 aliphatic rings. The van der Waals surface area contributed by atoms with Gasteiger partial charge >= 0.3 is 5.97 Å². The summed E-state index contributed by atoms with van der Waals surface area (Å²) in [5.74, 6) is 0.0739. The standard InChI is InChI=1S/C16H27N3O2/c1-10(2)7-13(9-19(5)6)18-15-14(16(20)21)11(3)8-12(4)17-15/h8,10,13H,7,9H2,1-6H3,(H,17,18)(H,20,21). The van der Waals surface area contributed by atoms with Gasteiger partial charge in [-0.15, -0.1) is 0 Å². The highest BCUT2D eigenvalue weighted by molar-refractivity contribution is 5.94. The lowest BCUT2D eigenvalue weighted by molar-refractivity contribution is 0.0696. The number of anilines is 1. The zero-order chi connectivity index (χ0) is 16.2. The van der Waals surface area contributed by atoms with E-state index in [-0.39, 0.29) is 11.6 Å². The Labute approximate surface area is 127 Å². The Hall–Kier alpha value is -1.62. The van der Waals surface area contributed by atoms with Crippen molar-refractivity contribution >= 4 is 11.8 Å². The minimum absolute atomic E-state index is 0.173. The molecule has 5 heteroatoms. The largest absolute Gasteiger partial charge is 0.478 e. The fraction of sp³-hybridized carbons (Fsp3) is 0.625. The van der Waals surface area contributed by atoms with Gasteiger partial charge in [-0.2, -0.15) is 0 Å². The van der Waals surface area contributed by atoms with Gasteiger partial charge in [0.25, 0.3) is 0 Å². The predicted molar refractivity (Wildman–Crippen MR) is 86.1 cm³/mol. The van der Waals surface area contributed by atoms with Crippen LogP contribution < -0.4 is 5.32 Å². The van der Waals surface area contributed by atoms with Crippen molar-refractivity contribution in [2.75, 3.05) is 26.0 Å². The number of carboxylic acid groups (broad SMARTS) is 1. The van der Waals surface area contributed by atoms with Crippen LogP contribution in [0.3, 0.4) is 0 Å². The molecule has 0 aliphatic carbocycles. The van der Waals surface area contributed by atoms with E-state index in [1.54, 1.807) is 6.07 Å². The van der Waals surface area contributed by atoms with Crippen molar-refractivity contribution < 1.29 is 9.90 Å². The van der Waals surface area contributed by atoms with Gasteiger partial charge < -0.3 is 15.3 Å². The van der Waals surface area contributed by atoms with Crippen molar-refractivity contribution in [1.29, 1.82) is 0 Å². The maximum absolute atomic E-state index is 11.5. The second kappa shape index (κ2) is 7.41. The third-order valence-electron chi connectivity index (χ3n) is 3.24. The quantitative estimate of drug-likeness (QED) is 0.809. The lowest BCUT2D eigenvalue weighted by Crippen LogP contribution is -2.34. The fourth-order valence-electron chi connectivity index (χ4n) is 2.59. The summed E-state index contributed by atoms with van der Waals surface area (Å²) in [6, 6.07) is 1.98. The lowest BCUT2D eigenvalue weighted by atomic mass is 10.0. The highest BCUT2D eigenvalue weighted by Gasteiger charge is 2.19. The number of aryl methyl sites for hydroxylation is 2. The van der Waals surface area contributed by atoms with Crippen molar-refractivity contribution in [3.63, 3.8) is 0 Å². The van der Waals surface area contributed by atoms with Gasteiger partial charge in [-0.05, 0) is 51.9 Å². The van der Waals surface area contributed by atoms with Crippen LogP contribution in [0.25, 0.3) is 0 Å². The number of hydrogen-bond donors (Lipinski definition) is 2. The number of aromatic carboxylic acids is 1. The number of carbonyl (C=O) groups is 1. The number of likely N-dealkylation sites (N-methyl/N-ethyl adjacent to an activating group) is 1. The summed E-state index contributed by atoms with van der Waals surface area (Å²) in [4.78, 5) is 18.0. The molecule has 118 valence electrons. The first-order valence-electron chi connectivity index (χ1n) is 7.33. The van der Waals surface area contributed by atoms with Gasteiger partial charge in [0.2, 0.25) is 0 Å². The molecule has 1 heterocycles. The Balaban J connectivity index is 3.09. The zero-order valence-electron chi connectivity index (χ0n) is 13.9. The molecule has 0 amide bonds. The molecule has 1 unspecified atom stereocenters. The molecule has 0 spiro atoms. The van der Waals surface area contributed by atoms with Crippen LogP contribution in [-0.4, -0.2) is 47.6 Å². The molecule has 21 heavy (non-hydrogen) atoms. The van der Waals surface area contributed by atoms with Gasteiger partial charge in [0, 0.05) is 18.3 Å². The molecule has 0 saturated heterocycles. The Morgan fingerprint density at radius 2 is 2.00 bits per heavy atom. The third kappa shape index (κ3) is 5.34. The van der Waals surface area contributed by atoms with E-state index in [2.05, 4.69) is 29.0 Å². The number of carboxylic acids is 1. The minimum Gasteiger partial charge on any atom is -0.478 e. The molecule has 0 saturated carbocycles. The lowest BCUT2D eigenvalue weighted by Gasteiger charge is -2.25. The summed E-state index contributed by atoms with van der Waals surface area (Å²) >= 11 is 0. The van der Waals surface area contributed by atoms with Crippen LogP contribution in [0.15, 0.2) is 6.07 Å². The first kappa shape index (κ1) is 17.4. The average Bonchev–Trinajstić information content (AvgIpc) is 2.24. The van der Waals surface area contributed by atoms with Gasteiger partial charge in [0.1, 0.15) is 11.4 Å². The molecule has 0 fully saturated rings. The Morgan fingerprint density at radius 3 is 2.48 bits per heavy atom. The highest BCUT2D eigenvalue weighted by Crippen LogP contribution is 2.21. The first-order valence-corrected chi connectivity index (χ1v) is 7.33. The molecule has 1 rings (SSSR count). The third-order valence-corrected chi connectivity index (χ3v) is 3.24. The molecule has 0 bridgehead atoms. The first-order chi connectivity index (χ1) is 9.70. The number of nitrogens with zero attached hydrogens (tertiary/aromatic N) is 2. The molecule has 1 aromatic rings. The molecule has 0 radical (unpaired) electrons. The van der Waals surface area contributed by atoms with Crippen LogP contribution in [0, 0.1) is 19.8 Å². The molecule has 1 atom stereocenters. The summed E-state index contributed by atoms with van der Waals surface area (Å²) in [5.41, 5.74) is 1.84. The van der Waals surface area contributed by atoms with E-state index >= 15 is 0 Å². The number of pyridine rings is 1. The average molecular weight is 293 g/mol. The van der Waals surface area contributed by atoms with Crippen molar-refractivity contribution in [3.05, 3.63) is 22.9 Å². The van der Waals surface area contributed by atoms with Gasteiger partial charge in [0.05, 0.1) is 0 Å². The summed E-state index contributed by atoms with van der Waals surface area (Å²) in [5, 5.41) is 12.8. The normalized spacial score (nSPS) is 12.8. The van der Waals surface area contributed by atoms with Crippen LogP contribution in [0.2, 0.25) is 0 Å². The SMILES string of the molecule is Cc1cc(C)c(C(=O)O)c(NC(CC(C)C)CN(C)C)n1. The molecule has 5 nitrogen and oxygen atoms in total. The molecule has 0 aliphatic heterocycles. The monoisotopic (exact) mass is 293 g/mol. The van der Waals surface area contributed by atoms with Crippen LogP contribution in [0.5, 0.6) is 0 Å². The van der Waals surface area contributed by atoms with E-state index in [9.17, 15) is 9.90 Å². The Bertz CT molecular complexity index is 489. The van der Waals surface area contributed by atoms with Gasteiger partial charge in [-0.3, -0.25) is 0 Å². The van der Waals surface area contributed by atoms with Gasteiger partial charge in [0.15, 0.2) is 0 Å². The summed E-state index contributed by atoms with van der Waals surface area (Å²) < 4.78 is 0. The van der Waals surface area contributed by atoms with Crippen LogP contribution in [0.1, 0.15) is 41.9 Å². The Morgan fingerprint density at radius 1 is 1.38 bits per heavy atom. The van der Waals surface area contributed by atoms with Crippen molar-refractivity contribution in [2.24, 2.45) is 5.92 Å². The molecule has 0 aromatic carbocycles. The minimum atomic E-state index is -0.935.